The highest BCUT2D eigenvalue weighted by molar-refractivity contribution is 6.05. The average molecular weight is 494 g/mol. The first-order valence-electron chi connectivity index (χ1n) is 9.95. The summed E-state index contributed by atoms with van der Waals surface area (Å²) in [4.78, 5) is 23.1. The number of halogens is 7. The molecule has 2 aromatic rings. The molecule has 0 saturated heterocycles. The Bertz CT molecular complexity index is 1030. The third-order valence-electron chi connectivity index (χ3n) is 5.12. The van der Waals surface area contributed by atoms with Gasteiger partial charge in [-0.15, -0.1) is 0 Å². The number of hydrogen-bond donors (Lipinski definition) is 3. The number of alkyl halides is 7. The molecule has 0 heterocycles. The highest BCUT2D eigenvalue weighted by Gasteiger charge is 2.73. The molecule has 5 nitrogen and oxygen atoms in total. The fraction of sp³-hybridized carbons (Fsp3) is 0.364. The topological polar surface area (TPSA) is 78.4 Å². The highest BCUT2D eigenvalue weighted by Crippen LogP contribution is 2.53. The van der Waals surface area contributed by atoms with Gasteiger partial charge in [-0.3, -0.25) is 4.79 Å². The molecule has 34 heavy (non-hydrogen) atoms. The van der Waals surface area contributed by atoms with Gasteiger partial charge in [0.15, 0.2) is 0 Å². The Morgan fingerprint density at radius 3 is 1.97 bits per heavy atom. The molecule has 0 unspecified atom stereocenters. The number of carbonyl (C=O) groups is 2. The van der Waals surface area contributed by atoms with Gasteiger partial charge in [0.25, 0.3) is 5.91 Å². The molecule has 0 radical (unpaired) electrons. The standard InChI is InChI=1S/C22H21F7N2O3/c1-3-14-11-16(20(23,21(24,25)26)22(27,28)29)10-12(2)17(14)31-18(32)15-6-4-13(5-7-15)8-9-30-19(33)34/h4-7,10-11,30H,3,8-9H2,1-2H3,(H,31,32)(H,33,34). The summed E-state index contributed by atoms with van der Waals surface area (Å²) in [6.45, 7) is 2.76. The van der Waals surface area contributed by atoms with Crippen LogP contribution < -0.4 is 10.6 Å². The lowest BCUT2D eigenvalue weighted by molar-refractivity contribution is -0.348. The molecule has 2 amide bonds. The van der Waals surface area contributed by atoms with Gasteiger partial charge in [0.2, 0.25) is 0 Å². The third kappa shape index (κ3) is 5.60. The summed E-state index contributed by atoms with van der Waals surface area (Å²) < 4.78 is 93.3. The fourth-order valence-corrected chi connectivity index (χ4v) is 3.33. The van der Waals surface area contributed by atoms with Gasteiger partial charge in [-0.1, -0.05) is 25.1 Å². The second-order valence-corrected chi connectivity index (χ2v) is 7.47. The molecule has 2 rings (SSSR count). The molecular weight excluding hydrogens is 473 g/mol. The van der Waals surface area contributed by atoms with Gasteiger partial charge in [0.05, 0.1) is 0 Å². The minimum atomic E-state index is -6.24. The second kappa shape index (κ2) is 9.90. The van der Waals surface area contributed by atoms with E-state index in [1.807, 2.05) is 0 Å². The van der Waals surface area contributed by atoms with Crippen molar-refractivity contribution in [2.75, 3.05) is 11.9 Å². The Kier molecular flexibility index (Phi) is 7.84. The number of hydrogen-bond acceptors (Lipinski definition) is 2. The zero-order valence-electron chi connectivity index (χ0n) is 18.0. The molecule has 0 aliphatic heterocycles. The summed E-state index contributed by atoms with van der Waals surface area (Å²) in [5.41, 5.74) is -6.60. The monoisotopic (exact) mass is 494 g/mol. The van der Waals surface area contributed by atoms with Gasteiger partial charge in [-0.2, -0.15) is 26.3 Å². The summed E-state index contributed by atoms with van der Waals surface area (Å²) in [6.07, 6.45) is -13.4. The van der Waals surface area contributed by atoms with Crippen molar-refractivity contribution >= 4 is 17.7 Å². The molecule has 3 N–H and O–H groups in total. The van der Waals surface area contributed by atoms with E-state index in [1.54, 1.807) is 12.1 Å². The summed E-state index contributed by atoms with van der Waals surface area (Å²) >= 11 is 0. The quantitative estimate of drug-likeness (QED) is 0.419. The molecule has 0 fully saturated rings. The molecular formula is C22H21F7N2O3. The third-order valence-corrected chi connectivity index (χ3v) is 5.12. The van der Waals surface area contributed by atoms with Crippen LogP contribution in [0.3, 0.4) is 0 Å². The minimum Gasteiger partial charge on any atom is -0.465 e. The lowest BCUT2D eigenvalue weighted by Crippen LogP contribution is -2.50. The molecule has 0 spiro atoms. The zero-order valence-corrected chi connectivity index (χ0v) is 18.0. The van der Waals surface area contributed by atoms with E-state index in [0.717, 1.165) is 5.56 Å². The Morgan fingerprint density at radius 2 is 1.50 bits per heavy atom. The largest absolute Gasteiger partial charge is 0.465 e. The molecule has 12 heteroatoms. The van der Waals surface area contributed by atoms with Gasteiger partial charge in [-0.05, 0) is 54.7 Å². The van der Waals surface area contributed by atoms with Crippen LogP contribution in [-0.4, -0.2) is 36.0 Å². The number of anilines is 1. The second-order valence-electron chi connectivity index (χ2n) is 7.47. The highest BCUT2D eigenvalue weighted by atomic mass is 19.4. The number of benzene rings is 2. The van der Waals surface area contributed by atoms with E-state index in [4.69, 9.17) is 5.11 Å². The van der Waals surface area contributed by atoms with Crippen molar-refractivity contribution in [1.82, 2.24) is 5.32 Å². The molecule has 0 bridgehead atoms. The minimum absolute atomic E-state index is 0.0160. The number of aryl methyl sites for hydroxylation is 2. The lowest BCUT2D eigenvalue weighted by Gasteiger charge is -2.31. The van der Waals surface area contributed by atoms with Gasteiger partial charge >= 0.3 is 24.1 Å². The number of nitrogens with one attached hydrogen (secondary N) is 2. The summed E-state index contributed by atoms with van der Waals surface area (Å²) in [6, 6.07) is 6.89. The van der Waals surface area contributed by atoms with Gasteiger partial charge < -0.3 is 15.7 Å². The normalized spacial score (nSPS) is 12.4. The van der Waals surface area contributed by atoms with Crippen LogP contribution in [0.4, 0.5) is 41.2 Å². The predicted molar refractivity (Wildman–Crippen MR) is 110 cm³/mol. The Balaban J connectivity index is 2.33. The van der Waals surface area contributed by atoms with E-state index >= 15 is 0 Å². The molecule has 186 valence electrons. The SMILES string of the molecule is CCc1cc(C(F)(C(F)(F)F)C(F)(F)F)cc(C)c1NC(=O)c1ccc(CCNC(=O)O)cc1. The Morgan fingerprint density at radius 1 is 0.941 bits per heavy atom. The first-order chi connectivity index (χ1) is 15.6. The lowest BCUT2D eigenvalue weighted by atomic mass is 9.89. The molecule has 0 saturated carbocycles. The molecule has 2 aromatic carbocycles. The number of rotatable bonds is 7. The van der Waals surface area contributed by atoms with Crippen LogP contribution in [0, 0.1) is 6.92 Å². The molecule has 0 aromatic heterocycles. The van der Waals surface area contributed by atoms with Crippen LogP contribution in [0.25, 0.3) is 0 Å². The van der Waals surface area contributed by atoms with Gasteiger partial charge in [0, 0.05) is 23.4 Å². The smallest absolute Gasteiger partial charge is 0.435 e. The number of carbonyl (C=O) groups excluding carboxylic acids is 1. The van der Waals surface area contributed by atoms with Crippen molar-refractivity contribution < 1.29 is 45.4 Å². The first kappa shape index (κ1) is 26.9. The summed E-state index contributed by atoms with van der Waals surface area (Å²) in [5, 5.41) is 13.2. The van der Waals surface area contributed by atoms with E-state index < -0.39 is 35.6 Å². The fourth-order valence-electron chi connectivity index (χ4n) is 3.33. The van der Waals surface area contributed by atoms with Crippen LogP contribution in [0.5, 0.6) is 0 Å². The number of amides is 2. The Labute approximate surface area is 190 Å². The average Bonchev–Trinajstić information content (AvgIpc) is 2.72. The predicted octanol–water partition coefficient (Wildman–Crippen LogP) is 5.91. The maximum absolute atomic E-state index is 14.5. The molecule has 0 aliphatic carbocycles. The van der Waals surface area contributed by atoms with Gasteiger partial charge in [0.1, 0.15) is 0 Å². The summed E-state index contributed by atoms with van der Waals surface area (Å²) in [7, 11) is 0. The number of carboxylic acid groups (broad SMARTS) is 1. The summed E-state index contributed by atoms with van der Waals surface area (Å²) in [5.74, 6) is -0.682. The maximum Gasteiger partial charge on any atom is 0.435 e. The Hall–Kier alpha value is -3.31. The van der Waals surface area contributed by atoms with E-state index in [-0.39, 0.29) is 35.3 Å². The van der Waals surface area contributed by atoms with Crippen molar-refractivity contribution in [3.05, 3.63) is 64.2 Å². The van der Waals surface area contributed by atoms with Crippen LogP contribution in [-0.2, 0) is 18.5 Å². The van der Waals surface area contributed by atoms with Crippen LogP contribution in [0.15, 0.2) is 36.4 Å². The van der Waals surface area contributed by atoms with E-state index in [0.29, 0.717) is 18.6 Å². The first-order valence-corrected chi connectivity index (χ1v) is 9.95. The van der Waals surface area contributed by atoms with E-state index in [9.17, 15) is 40.3 Å². The van der Waals surface area contributed by atoms with E-state index in [2.05, 4.69) is 10.6 Å². The van der Waals surface area contributed by atoms with Crippen LogP contribution in [0.1, 0.15) is 39.5 Å². The van der Waals surface area contributed by atoms with Crippen molar-refractivity contribution in [3.63, 3.8) is 0 Å². The van der Waals surface area contributed by atoms with E-state index in [1.165, 1.54) is 26.0 Å². The van der Waals surface area contributed by atoms with Crippen molar-refractivity contribution in [2.24, 2.45) is 0 Å². The van der Waals surface area contributed by atoms with Crippen LogP contribution in [0.2, 0.25) is 0 Å². The maximum atomic E-state index is 14.5. The van der Waals surface area contributed by atoms with Crippen molar-refractivity contribution in [3.8, 4) is 0 Å². The zero-order chi connectivity index (χ0) is 25.9. The molecule has 0 atom stereocenters. The van der Waals surface area contributed by atoms with Crippen LogP contribution >= 0.6 is 0 Å². The molecule has 0 aliphatic rings. The van der Waals surface area contributed by atoms with Crippen molar-refractivity contribution in [1.29, 1.82) is 0 Å². The van der Waals surface area contributed by atoms with Crippen molar-refractivity contribution in [2.45, 2.75) is 44.7 Å². The van der Waals surface area contributed by atoms with Gasteiger partial charge in [-0.25, -0.2) is 9.18 Å².